The second-order valence-corrected chi connectivity index (χ2v) is 7.74. The minimum absolute atomic E-state index is 0.000506. The molecule has 0 radical (unpaired) electrons. The predicted molar refractivity (Wildman–Crippen MR) is 76.1 cm³/mol. The first-order valence-electron chi connectivity index (χ1n) is 6.03. The standard InChI is InChI=1S/C11H19N3O4S2/c1-3-9(8-12)14-20(17,18)11-6-4-10(5-7-11)19(15,16)13-2/h4-7,9,13-14H,3,8,12H2,1-2H3. The lowest BCUT2D eigenvalue weighted by atomic mass is 10.2. The van der Waals surface area contributed by atoms with Crippen LogP contribution in [0.25, 0.3) is 0 Å². The van der Waals surface area contributed by atoms with E-state index < -0.39 is 20.0 Å². The molecule has 0 aliphatic carbocycles. The molecular formula is C11H19N3O4S2. The summed E-state index contributed by atoms with van der Waals surface area (Å²) >= 11 is 0. The summed E-state index contributed by atoms with van der Waals surface area (Å²) in [5.41, 5.74) is 5.45. The van der Waals surface area contributed by atoms with Gasteiger partial charge in [0.25, 0.3) is 0 Å². The number of nitrogens with one attached hydrogen (secondary N) is 2. The lowest BCUT2D eigenvalue weighted by Gasteiger charge is -2.15. The Morgan fingerprint density at radius 2 is 1.50 bits per heavy atom. The van der Waals surface area contributed by atoms with Gasteiger partial charge in [-0.3, -0.25) is 0 Å². The van der Waals surface area contributed by atoms with E-state index in [1.807, 2.05) is 6.92 Å². The van der Waals surface area contributed by atoms with Crippen LogP contribution in [0, 0.1) is 0 Å². The van der Waals surface area contributed by atoms with Crippen LogP contribution in [0.2, 0.25) is 0 Å². The van der Waals surface area contributed by atoms with Gasteiger partial charge in [0.2, 0.25) is 20.0 Å². The monoisotopic (exact) mass is 321 g/mol. The molecule has 20 heavy (non-hydrogen) atoms. The lowest BCUT2D eigenvalue weighted by Crippen LogP contribution is -2.39. The number of sulfonamides is 2. The molecule has 0 aliphatic heterocycles. The highest BCUT2D eigenvalue weighted by Crippen LogP contribution is 2.14. The molecule has 0 aromatic heterocycles. The summed E-state index contributed by atoms with van der Waals surface area (Å²) in [5, 5.41) is 0. The molecule has 1 rings (SSSR count). The highest BCUT2D eigenvalue weighted by atomic mass is 32.2. The maximum Gasteiger partial charge on any atom is 0.240 e. The number of hydrogen-bond donors (Lipinski definition) is 3. The van der Waals surface area contributed by atoms with E-state index in [0.29, 0.717) is 6.42 Å². The fourth-order valence-electron chi connectivity index (χ4n) is 1.50. The Hall–Kier alpha value is -1.00. The molecule has 7 nitrogen and oxygen atoms in total. The van der Waals surface area contributed by atoms with Crippen molar-refractivity contribution in [2.75, 3.05) is 13.6 Å². The van der Waals surface area contributed by atoms with Gasteiger partial charge in [0, 0.05) is 12.6 Å². The van der Waals surface area contributed by atoms with E-state index in [-0.39, 0.29) is 22.4 Å². The third-order valence-corrected chi connectivity index (χ3v) is 5.78. The zero-order chi connectivity index (χ0) is 15.4. The SMILES string of the molecule is CCC(CN)NS(=O)(=O)c1ccc(S(=O)(=O)NC)cc1. The van der Waals surface area contributed by atoms with Crippen LogP contribution in [0.3, 0.4) is 0 Å². The highest BCUT2D eigenvalue weighted by Gasteiger charge is 2.19. The number of hydrogen-bond acceptors (Lipinski definition) is 5. The van der Waals surface area contributed by atoms with Crippen molar-refractivity contribution < 1.29 is 16.8 Å². The second-order valence-electron chi connectivity index (χ2n) is 4.14. The first-order valence-corrected chi connectivity index (χ1v) is 8.99. The molecule has 0 saturated heterocycles. The predicted octanol–water partition coefficient (Wildman–Crippen LogP) is -0.390. The molecule has 0 aliphatic rings. The quantitative estimate of drug-likeness (QED) is 0.632. The van der Waals surface area contributed by atoms with Crippen LogP contribution in [0.15, 0.2) is 34.1 Å². The summed E-state index contributed by atoms with van der Waals surface area (Å²) in [6, 6.07) is 4.62. The Morgan fingerprint density at radius 1 is 1.05 bits per heavy atom. The third kappa shape index (κ3) is 4.00. The van der Waals surface area contributed by atoms with Crippen molar-refractivity contribution >= 4 is 20.0 Å². The van der Waals surface area contributed by atoms with Crippen molar-refractivity contribution in [3.8, 4) is 0 Å². The van der Waals surface area contributed by atoms with Crippen molar-refractivity contribution in [2.45, 2.75) is 29.2 Å². The summed E-state index contributed by atoms with van der Waals surface area (Å²) in [6.45, 7) is 2.02. The largest absolute Gasteiger partial charge is 0.329 e. The van der Waals surface area contributed by atoms with Crippen LogP contribution < -0.4 is 15.2 Å². The molecule has 9 heteroatoms. The van der Waals surface area contributed by atoms with Gasteiger partial charge in [0.1, 0.15) is 0 Å². The number of rotatable bonds is 7. The van der Waals surface area contributed by atoms with Crippen LogP contribution in [0.1, 0.15) is 13.3 Å². The normalized spacial score (nSPS) is 14.2. The first-order chi connectivity index (χ1) is 9.26. The molecule has 1 atom stereocenters. The average molecular weight is 321 g/mol. The Balaban J connectivity index is 3.04. The summed E-state index contributed by atoms with van der Waals surface area (Å²) in [5.74, 6) is 0. The smallest absolute Gasteiger partial charge is 0.240 e. The number of nitrogens with two attached hydrogens (primary N) is 1. The molecular weight excluding hydrogens is 302 g/mol. The zero-order valence-corrected chi connectivity index (χ0v) is 13.0. The summed E-state index contributed by atoms with van der Waals surface area (Å²) in [7, 11) is -5.99. The van der Waals surface area contributed by atoms with E-state index in [1.54, 1.807) is 0 Å². The van der Waals surface area contributed by atoms with E-state index in [4.69, 9.17) is 5.73 Å². The molecule has 0 fully saturated rings. The Bertz CT molecular complexity index is 635. The summed E-state index contributed by atoms with van der Waals surface area (Å²) in [6.07, 6.45) is 0.571. The van der Waals surface area contributed by atoms with E-state index in [0.717, 1.165) is 0 Å². The molecule has 1 aromatic rings. The van der Waals surface area contributed by atoms with Crippen LogP contribution in [0.4, 0.5) is 0 Å². The zero-order valence-electron chi connectivity index (χ0n) is 11.3. The molecule has 114 valence electrons. The van der Waals surface area contributed by atoms with Crippen LogP contribution >= 0.6 is 0 Å². The lowest BCUT2D eigenvalue weighted by molar-refractivity contribution is 0.542. The van der Waals surface area contributed by atoms with Crippen molar-refractivity contribution in [1.82, 2.24) is 9.44 Å². The van der Waals surface area contributed by atoms with Crippen LogP contribution in [-0.2, 0) is 20.0 Å². The van der Waals surface area contributed by atoms with Gasteiger partial charge >= 0.3 is 0 Å². The van der Waals surface area contributed by atoms with Gasteiger partial charge in [-0.05, 0) is 37.7 Å². The Morgan fingerprint density at radius 3 is 1.85 bits per heavy atom. The molecule has 0 amide bonds. The Kier molecular flexibility index (Phi) is 5.66. The molecule has 4 N–H and O–H groups in total. The highest BCUT2D eigenvalue weighted by molar-refractivity contribution is 7.90. The maximum atomic E-state index is 12.1. The minimum atomic E-state index is -3.70. The summed E-state index contributed by atoms with van der Waals surface area (Å²) < 4.78 is 51.8. The van der Waals surface area contributed by atoms with Gasteiger partial charge in [-0.25, -0.2) is 26.3 Å². The summed E-state index contributed by atoms with van der Waals surface area (Å²) in [4.78, 5) is 0.00395. The molecule has 0 saturated carbocycles. The van der Waals surface area contributed by atoms with Gasteiger partial charge < -0.3 is 5.73 Å². The van der Waals surface area contributed by atoms with Gasteiger partial charge in [-0.2, -0.15) is 0 Å². The van der Waals surface area contributed by atoms with E-state index in [2.05, 4.69) is 9.44 Å². The molecule has 0 bridgehead atoms. The molecule has 1 aromatic carbocycles. The first kappa shape index (κ1) is 17.1. The van der Waals surface area contributed by atoms with Crippen molar-refractivity contribution in [1.29, 1.82) is 0 Å². The third-order valence-electron chi connectivity index (χ3n) is 2.81. The fourth-order valence-corrected chi connectivity index (χ4v) is 3.56. The molecule has 0 heterocycles. The van der Waals surface area contributed by atoms with Gasteiger partial charge in [0.05, 0.1) is 9.79 Å². The van der Waals surface area contributed by atoms with Crippen molar-refractivity contribution in [3.63, 3.8) is 0 Å². The number of benzene rings is 1. The fraction of sp³-hybridized carbons (Fsp3) is 0.455. The van der Waals surface area contributed by atoms with Gasteiger partial charge in [-0.1, -0.05) is 6.92 Å². The minimum Gasteiger partial charge on any atom is -0.329 e. The topological polar surface area (TPSA) is 118 Å². The van der Waals surface area contributed by atoms with Gasteiger partial charge in [-0.15, -0.1) is 0 Å². The van der Waals surface area contributed by atoms with E-state index >= 15 is 0 Å². The van der Waals surface area contributed by atoms with Crippen molar-refractivity contribution in [2.24, 2.45) is 5.73 Å². The molecule has 0 spiro atoms. The van der Waals surface area contributed by atoms with Crippen LogP contribution in [-0.4, -0.2) is 36.5 Å². The maximum absolute atomic E-state index is 12.1. The van der Waals surface area contributed by atoms with Crippen LogP contribution in [0.5, 0.6) is 0 Å². The van der Waals surface area contributed by atoms with E-state index in [9.17, 15) is 16.8 Å². The van der Waals surface area contributed by atoms with E-state index in [1.165, 1.54) is 31.3 Å². The van der Waals surface area contributed by atoms with Crippen molar-refractivity contribution in [3.05, 3.63) is 24.3 Å². The second kappa shape index (κ2) is 6.64. The average Bonchev–Trinajstić information content (AvgIpc) is 2.45. The Labute approximate surface area is 119 Å². The van der Waals surface area contributed by atoms with Gasteiger partial charge in [0.15, 0.2) is 0 Å². The molecule has 1 unspecified atom stereocenters.